The van der Waals surface area contributed by atoms with Crippen LogP contribution < -0.4 is 20.3 Å². The summed E-state index contributed by atoms with van der Waals surface area (Å²) in [5.74, 6) is -0.345. The maximum absolute atomic E-state index is 13.4. The summed E-state index contributed by atoms with van der Waals surface area (Å²) < 4.78 is 21.4. The topological polar surface area (TPSA) is 183 Å². The number of pyridine rings is 2. The molecule has 3 aliphatic rings. The molecular formula is C39H37Cl2N9O6S. The van der Waals surface area contributed by atoms with Gasteiger partial charge in [-0.25, -0.2) is 13.5 Å². The summed E-state index contributed by atoms with van der Waals surface area (Å²) >= 11 is 12.7. The highest BCUT2D eigenvalue weighted by molar-refractivity contribution is 7.82. The Hall–Kier alpha value is -5.42. The summed E-state index contributed by atoms with van der Waals surface area (Å²) in [6, 6.07) is 13.5. The van der Waals surface area contributed by atoms with Crippen LogP contribution in [-0.4, -0.2) is 102 Å². The van der Waals surface area contributed by atoms with Crippen molar-refractivity contribution in [2.24, 2.45) is 0 Å². The van der Waals surface area contributed by atoms with Gasteiger partial charge >= 0.3 is 0 Å². The number of nitrogens with one attached hydrogen (secondary N) is 3. The van der Waals surface area contributed by atoms with Crippen LogP contribution in [0.5, 0.6) is 5.75 Å². The molecule has 3 atom stereocenters. The van der Waals surface area contributed by atoms with Gasteiger partial charge in [-0.3, -0.25) is 39.5 Å². The predicted octanol–water partition coefficient (Wildman–Crippen LogP) is 5.16. The number of fused-ring (bicyclic) bond motifs is 2. The lowest BCUT2D eigenvalue weighted by molar-refractivity contribution is -0.136. The van der Waals surface area contributed by atoms with E-state index in [1.807, 2.05) is 41.6 Å². The van der Waals surface area contributed by atoms with Crippen molar-refractivity contribution in [2.75, 3.05) is 48.7 Å². The molecule has 0 radical (unpaired) electrons. The number of benzene rings is 2. The van der Waals surface area contributed by atoms with Gasteiger partial charge in [0.1, 0.15) is 29.4 Å². The second-order valence-electron chi connectivity index (χ2n) is 13.9. The molecular weight excluding hydrogens is 793 g/mol. The van der Waals surface area contributed by atoms with Gasteiger partial charge in [-0.15, -0.1) is 0 Å². The number of aromatic nitrogens is 4. The number of halogens is 2. The number of piperidine rings is 1. The normalized spacial score (nSPS) is 18.5. The number of hydrogen-bond acceptors (Lipinski definition) is 11. The van der Waals surface area contributed by atoms with E-state index >= 15 is 0 Å². The van der Waals surface area contributed by atoms with E-state index in [-0.39, 0.29) is 24.0 Å². The molecule has 2 aromatic carbocycles. The average molecular weight is 831 g/mol. The SMILES string of the molecule is C[C@@H](Oc1ccc2[nH]nc(-c3ccc(N4CCN(S(=O)CCCNc5cccc6c5C(=O)N(C5CCC(=O)NC5=O)C6=O)CC4)nc3)c2c1)c1c(Cl)cncc1Cl. The molecule has 4 amide bonds. The van der Waals surface area contributed by atoms with Crippen LogP contribution in [0, 0.1) is 0 Å². The number of imide groups is 2. The molecule has 3 aliphatic heterocycles. The van der Waals surface area contributed by atoms with Gasteiger partial charge < -0.3 is 15.0 Å². The minimum atomic E-state index is -1.21. The van der Waals surface area contributed by atoms with Crippen LogP contribution in [0.2, 0.25) is 10.0 Å². The van der Waals surface area contributed by atoms with E-state index in [2.05, 4.69) is 30.7 Å². The summed E-state index contributed by atoms with van der Waals surface area (Å²) in [7, 11) is -1.21. The number of nitrogens with zero attached hydrogens (tertiary/aromatic N) is 6. The third kappa shape index (κ3) is 7.69. The Kier molecular flexibility index (Phi) is 10.9. The van der Waals surface area contributed by atoms with E-state index in [9.17, 15) is 23.4 Å². The van der Waals surface area contributed by atoms with Crippen LogP contribution in [0.1, 0.15) is 58.6 Å². The summed E-state index contributed by atoms with van der Waals surface area (Å²) in [6.07, 6.45) is 5.16. The van der Waals surface area contributed by atoms with Gasteiger partial charge in [0.2, 0.25) is 11.8 Å². The number of aromatic amines is 1. The summed E-state index contributed by atoms with van der Waals surface area (Å²) in [5, 5.41) is 14.8. The maximum Gasteiger partial charge on any atom is 0.264 e. The first-order chi connectivity index (χ1) is 27.6. The van der Waals surface area contributed by atoms with Crippen LogP contribution in [0.25, 0.3) is 22.2 Å². The number of carbonyl (C=O) groups is 4. The standard InChI is InChI=1S/C39H37Cl2N9O6S/c1-22(34-27(40)20-42-21-28(34)41)56-24-7-8-29-26(18-24)36(47-46-29)23-6-10-32(44-19-23)48-13-15-49(16-14-48)57(55)17-3-12-43-30-5-2-4-25-35(30)39(54)50(38(25)53)31-9-11-33(51)45-37(31)52/h2,4-8,10,18-22,31,43H,3,9,11-17H2,1H3,(H,46,47)(H,45,51,52)/t22-,31?,57?/m1/s1. The quantitative estimate of drug-likeness (QED) is 0.112. The average Bonchev–Trinajstić information content (AvgIpc) is 3.74. The number of hydrogen-bond donors (Lipinski definition) is 3. The van der Waals surface area contributed by atoms with Gasteiger partial charge in [0.25, 0.3) is 11.8 Å². The molecule has 294 valence electrons. The molecule has 57 heavy (non-hydrogen) atoms. The first kappa shape index (κ1) is 38.5. The van der Waals surface area contributed by atoms with Crippen LogP contribution in [0.15, 0.2) is 67.1 Å². The molecule has 8 rings (SSSR count). The van der Waals surface area contributed by atoms with E-state index in [1.54, 1.807) is 24.4 Å². The zero-order chi connectivity index (χ0) is 39.8. The molecule has 0 saturated carbocycles. The number of anilines is 2. The number of ether oxygens (including phenoxy) is 1. The molecule has 0 spiro atoms. The molecule has 2 unspecified atom stereocenters. The van der Waals surface area contributed by atoms with Crippen molar-refractivity contribution in [3.63, 3.8) is 0 Å². The van der Waals surface area contributed by atoms with E-state index in [0.29, 0.717) is 71.9 Å². The van der Waals surface area contributed by atoms with Gasteiger partial charge in [-0.2, -0.15) is 5.10 Å². The number of piperazine rings is 1. The molecule has 0 aliphatic carbocycles. The third-order valence-electron chi connectivity index (χ3n) is 10.3. The maximum atomic E-state index is 13.4. The monoisotopic (exact) mass is 829 g/mol. The van der Waals surface area contributed by atoms with Crippen molar-refractivity contribution in [2.45, 2.75) is 38.3 Å². The fourth-order valence-electron chi connectivity index (χ4n) is 7.40. The smallest absolute Gasteiger partial charge is 0.264 e. The molecule has 3 N–H and O–H groups in total. The molecule has 18 heteroatoms. The lowest BCUT2D eigenvalue weighted by Crippen LogP contribution is -2.54. The van der Waals surface area contributed by atoms with Crippen molar-refractivity contribution in [3.8, 4) is 17.0 Å². The van der Waals surface area contributed by atoms with Gasteiger partial charge in [-0.05, 0) is 62.2 Å². The predicted molar refractivity (Wildman–Crippen MR) is 216 cm³/mol. The van der Waals surface area contributed by atoms with E-state index in [4.69, 9.17) is 32.9 Å². The van der Waals surface area contributed by atoms with E-state index in [0.717, 1.165) is 32.9 Å². The summed E-state index contributed by atoms with van der Waals surface area (Å²) in [4.78, 5) is 62.4. The van der Waals surface area contributed by atoms with Crippen LogP contribution in [0.4, 0.5) is 11.5 Å². The lowest BCUT2D eigenvalue weighted by Gasteiger charge is -2.34. The lowest BCUT2D eigenvalue weighted by atomic mass is 10.0. The Labute approximate surface area is 339 Å². The number of amides is 4. The molecule has 3 aromatic heterocycles. The van der Waals surface area contributed by atoms with Crippen molar-refractivity contribution in [3.05, 3.63) is 93.9 Å². The van der Waals surface area contributed by atoms with Gasteiger partial charge in [0.05, 0.1) is 37.7 Å². The zero-order valence-electron chi connectivity index (χ0n) is 30.7. The highest BCUT2D eigenvalue weighted by Gasteiger charge is 2.45. The van der Waals surface area contributed by atoms with Crippen molar-refractivity contribution >= 4 is 80.2 Å². The molecule has 15 nitrogen and oxygen atoms in total. The first-order valence-corrected chi connectivity index (χ1v) is 20.5. The number of H-pyrrole nitrogens is 1. The Morgan fingerprint density at radius 2 is 1.77 bits per heavy atom. The Morgan fingerprint density at radius 1 is 0.982 bits per heavy atom. The van der Waals surface area contributed by atoms with E-state index < -0.39 is 46.8 Å². The van der Waals surface area contributed by atoms with Crippen LogP contribution in [0.3, 0.4) is 0 Å². The Morgan fingerprint density at radius 3 is 2.51 bits per heavy atom. The molecule has 5 aromatic rings. The van der Waals surface area contributed by atoms with Crippen LogP contribution in [-0.2, 0) is 20.6 Å². The van der Waals surface area contributed by atoms with Gasteiger partial charge in [0.15, 0.2) is 0 Å². The Bertz CT molecular complexity index is 2400. The first-order valence-electron chi connectivity index (χ1n) is 18.4. The van der Waals surface area contributed by atoms with Crippen molar-refractivity contribution in [1.82, 2.24) is 34.7 Å². The third-order valence-corrected chi connectivity index (χ3v) is 12.5. The zero-order valence-corrected chi connectivity index (χ0v) is 33.0. The fraction of sp³-hybridized carbons (Fsp3) is 0.308. The second kappa shape index (κ2) is 16.2. The van der Waals surface area contributed by atoms with Crippen molar-refractivity contribution < 1.29 is 28.1 Å². The second-order valence-corrected chi connectivity index (χ2v) is 16.2. The van der Waals surface area contributed by atoms with Gasteiger partial charge in [-0.1, -0.05) is 29.3 Å². The highest BCUT2D eigenvalue weighted by atomic mass is 35.5. The van der Waals surface area contributed by atoms with Crippen molar-refractivity contribution in [1.29, 1.82) is 0 Å². The molecule has 0 bridgehead atoms. The highest BCUT2D eigenvalue weighted by Crippen LogP contribution is 2.36. The number of rotatable bonds is 12. The molecule has 2 saturated heterocycles. The van der Waals surface area contributed by atoms with Gasteiger partial charge in [0, 0.05) is 85.7 Å². The minimum Gasteiger partial charge on any atom is -0.486 e. The largest absolute Gasteiger partial charge is 0.486 e. The summed E-state index contributed by atoms with van der Waals surface area (Å²) in [5.41, 5.74) is 3.97. The van der Waals surface area contributed by atoms with Crippen LogP contribution >= 0.6 is 23.2 Å². The minimum absolute atomic E-state index is 0.0522. The molecule has 6 heterocycles. The van der Waals surface area contributed by atoms with E-state index in [1.165, 1.54) is 12.4 Å². The summed E-state index contributed by atoms with van der Waals surface area (Å²) in [6.45, 7) is 4.81. The number of carbonyl (C=O) groups excluding carboxylic acids is 4. The molecule has 2 fully saturated rings. The fourth-order valence-corrected chi connectivity index (χ4v) is 9.30. The Balaban J connectivity index is 0.827.